The number of hydrogen-bond acceptors (Lipinski definition) is 5. The van der Waals surface area contributed by atoms with Crippen molar-refractivity contribution in [2.75, 3.05) is 26.2 Å². The van der Waals surface area contributed by atoms with Gasteiger partial charge in [-0.25, -0.2) is 9.50 Å². The second-order valence-corrected chi connectivity index (χ2v) is 8.63. The Kier molecular flexibility index (Phi) is 6.58. The Balaban J connectivity index is 1.35. The number of carbonyl (C=O) groups is 1. The van der Waals surface area contributed by atoms with Gasteiger partial charge in [0.15, 0.2) is 0 Å². The topological polar surface area (TPSA) is 66.6 Å². The molecule has 0 aliphatic carbocycles. The van der Waals surface area contributed by atoms with Crippen LogP contribution in [0.15, 0.2) is 24.3 Å². The molecule has 0 atom stereocenters. The molecular formula is C22H24ClF3N6O. The van der Waals surface area contributed by atoms with Crippen molar-refractivity contribution in [2.45, 2.75) is 39.4 Å². The number of piperazine rings is 1. The normalized spacial score (nSPS) is 15.4. The first-order valence-electron chi connectivity index (χ1n) is 10.7. The standard InChI is InChI=1S/C22H24ClF3N6O/c1-14-18(15(2)32-21(27-14)28-20(29-32)22(24,25)26)7-8-19(33)31-11-9-30(10-12-31)13-16-3-5-17(23)6-4-16/h3-6H,7-13H2,1-2H3. The summed E-state index contributed by atoms with van der Waals surface area (Å²) in [5.41, 5.74) is 2.97. The fourth-order valence-corrected chi connectivity index (χ4v) is 4.21. The van der Waals surface area contributed by atoms with Crippen LogP contribution in [0.1, 0.15) is 34.8 Å². The molecule has 3 heterocycles. The Bertz CT molecular complexity index is 1150. The highest BCUT2D eigenvalue weighted by atomic mass is 35.5. The van der Waals surface area contributed by atoms with E-state index < -0.39 is 12.0 Å². The smallest absolute Gasteiger partial charge is 0.340 e. The van der Waals surface area contributed by atoms with E-state index in [2.05, 4.69) is 20.0 Å². The Morgan fingerprint density at radius 2 is 1.73 bits per heavy atom. The number of carbonyl (C=O) groups excluding carboxylic acids is 1. The molecule has 0 N–H and O–H groups in total. The number of benzene rings is 1. The zero-order valence-electron chi connectivity index (χ0n) is 18.4. The molecule has 0 radical (unpaired) electrons. The number of rotatable bonds is 5. The molecule has 176 valence electrons. The molecule has 0 bridgehead atoms. The van der Waals surface area contributed by atoms with Crippen molar-refractivity contribution >= 4 is 23.3 Å². The second-order valence-electron chi connectivity index (χ2n) is 8.19. The second kappa shape index (κ2) is 9.26. The van der Waals surface area contributed by atoms with Gasteiger partial charge in [-0.15, -0.1) is 5.10 Å². The van der Waals surface area contributed by atoms with Crippen LogP contribution in [0.2, 0.25) is 5.02 Å². The maximum atomic E-state index is 13.0. The van der Waals surface area contributed by atoms with Gasteiger partial charge < -0.3 is 4.90 Å². The summed E-state index contributed by atoms with van der Waals surface area (Å²) in [4.78, 5) is 24.6. The number of nitrogens with zero attached hydrogens (tertiary/aromatic N) is 6. The monoisotopic (exact) mass is 480 g/mol. The lowest BCUT2D eigenvalue weighted by Gasteiger charge is -2.35. The van der Waals surface area contributed by atoms with E-state index in [0.717, 1.165) is 29.7 Å². The molecular weight excluding hydrogens is 457 g/mol. The van der Waals surface area contributed by atoms with Crippen LogP contribution < -0.4 is 0 Å². The fraction of sp³-hybridized carbons (Fsp3) is 0.455. The molecule has 1 aliphatic heterocycles. The summed E-state index contributed by atoms with van der Waals surface area (Å²) < 4.78 is 40.0. The van der Waals surface area contributed by atoms with E-state index in [1.54, 1.807) is 13.8 Å². The van der Waals surface area contributed by atoms with Gasteiger partial charge in [-0.05, 0) is 43.5 Å². The van der Waals surface area contributed by atoms with Crippen LogP contribution >= 0.6 is 11.6 Å². The lowest BCUT2D eigenvalue weighted by molar-refractivity contribution is -0.144. The Morgan fingerprint density at radius 3 is 2.36 bits per heavy atom. The van der Waals surface area contributed by atoms with E-state index in [-0.39, 0.29) is 18.1 Å². The number of amides is 1. The third-order valence-electron chi connectivity index (χ3n) is 5.94. The lowest BCUT2D eigenvalue weighted by atomic mass is 10.1. The quantitative estimate of drug-likeness (QED) is 0.557. The molecule has 1 aliphatic rings. The van der Waals surface area contributed by atoms with Gasteiger partial charge in [0.2, 0.25) is 5.91 Å². The van der Waals surface area contributed by atoms with Crippen LogP contribution in [0.25, 0.3) is 5.78 Å². The molecule has 1 aromatic carbocycles. The number of aryl methyl sites for hydroxylation is 2. The summed E-state index contributed by atoms with van der Waals surface area (Å²) in [5, 5.41) is 4.27. The minimum absolute atomic E-state index is 0.0228. The molecule has 1 saturated heterocycles. The van der Waals surface area contributed by atoms with Crippen LogP contribution in [0.3, 0.4) is 0 Å². The Labute approximate surface area is 194 Å². The van der Waals surface area contributed by atoms with Gasteiger partial charge in [0.05, 0.1) is 0 Å². The molecule has 0 saturated carbocycles. The fourth-order valence-electron chi connectivity index (χ4n) is 4.08. The van der Waals surface area contributed by atoms with E-state index in [4.69, 9.17) is 11.6 Å². The van der Waals surface area contributed by atoms with Gasteiger partial charge in [0.25, 0.3) is 11.6 Å². The van der Waals surface area contributed by atoms with E-state index in [9.17, 15) is 18.0 Å². The van der Waals surface area contributed by atoms with Gasteiger partial charge in [0.1, 0.15) is 0 Å². The third-order valence-corrected chi connectivity index (χ3v) is 6.19. The van der Waals surface area contributed by atoms with Gasteiger partial charge in [-0.3, -0.25) is 9.69 Å². The summed E-state index contributed by atoms with van der Waals surface area (Å²) in [5.74, 6) is -1.29. The summed E-state index contributed by atoms with van der Waals surface area (Å²) in [7, 11) is 0. The van der Waals surface area contributed by atoms with Crippen molar-refractivity contribution in [3.05, 3.63) is 57.6 Å². The highest BCUT2D eigenvalue weighted by Gasteiger charge is 2.37. The maximum absolute atomic E-state index is 13.0. The van der Waals surface area contributed by atoms with Gasteiger partial charge in [-0.1, -0.05) is 23.7 Å². The summed E-state index contributed by atoms with van der Waals surface area (Å²) >= 11 is 5.93. The molecule has 1 amide bonds. The third kappa shape index (κ3) is 5.27. The molecule has 0 spiro atoms. The molecule has 0 unspecified atom stereocenters. The molecule has 33 heavy (non-hydrogen) atoms. The number of fused-ring (bicyclic) bond motifs is 1. The SMILES string of the molecule is Cc1nc2nc(C(F)(F)F)nn2c(C)c1CCC(=O)N1CCN(Cc2ccc(Cl)cc2)CC1. The zero-order valence-corrected chi connectivity index (χ0v) is 19.1. The minimum Gasteiger partial charge on any atom is -0.340 e. The van der Waals surface area contributed by atoms with Crippen LogP contribution in [-0.4, -0.2) is 61.5 Å². The molecule has 7 nitrogen and oxygen atoms in total. The average Bonchev–Trinajstić information content (AvgIpc) is 3.20. The Hall–Kier alpha value is -2.72. The molecule has 4 rings (SSSR count). The van der Waals surface area contributed by atoms with E-state index in [1.807, 2.05) is 29.2 Å². The Morgan fingerprint density at radius 1 is 1.06 bits per heavy atom. The summed E-state index contributed by atoms with van der Waals surface area (Å²) in [6, 6.07) is 7.75. The maximum Gasteiger partial charge on any atom is 0.453 e. The van der Waals surface area contributed by atoms with Crippen molar-refractivity contribution in [3.8, 4) is 0 Å². The highest BCUT2D eigenvalue weighted by molar-refractivity contribution is 6.30. The predicted octanol–water partition coefficient (Wildman–Crippen LogP) is 3.69. The van der Waals surface area contributed by atoms with Crippen molar-refractivity contribution in [1.29, 1.82) is 0 Å². The number of hydrogen-bond donors (Lipinski definition) is 0. The zero-order chi connectivity index (χ0) is 23.8. The minimum atomic E-state index is -4.64. The van der Waals surface area contributed by atoms with Crippen molar-refractivity contribution in [2.24, 2.45) is 0 Å². The van der Waals surface area contributed by atoms with Crippen LogP contribution in [0.5, 0.6) is 0 Å². The highest BCUT2D eigenvalue weighted by Crippen LogP contribution is 2.27. The molecule has 11 heteroatoms. The first-order valence-corrected chi connectivity index (χ1v) is 11.0. The van der Waals surface area contributed by atoms with Gasteiger partial charge in [0, 0.05) is 55.6 Å². The first-order chi connectivity index (χ1) is 15.6. The molecule has 1 fully saturated rings. The summed E-state index contributed by atoms with van der Waals surface area (Å²) in [6.07, 6.45) is -4.00. The molecule has 2 aromatic heterocycles. The van der Waals surface area contributed by atoms with E-state index >= 15 is 0 Å². The van der Waals surface area contributed by atoms with Crippen molar-refractivity contribution in [3.63, 3.8) is 0 Å². The summed E-state index contributed by atoms with van der Waals surface area (Å²) in [6.45, 7) is 7.02. The van der Waals surface area contributed by atoms with Crippen molar-refractivity contribution in [1.82, 2.24) is 29.4 Å². The van der Waals surface area contributed by atoms with Gasteiger partial charge in [-0.2, -0.15) is 18.2 Å². The van der Waals surface area contributed by atoms with Crippen LogP contribution in [-0.2, 0) is 23.9 Å². The van der Waals surface area contributed by atoms with E-state index in [0.29, 0.717) is 35.9 Å². The number of aromatic nitrogens is 4. The van der Waals surface area contributed by atoms with Crippen molar-refractivity contribution < 1.29 is 18.0 Å². The van der Waals surface area contributed by atoms with Gasteiger partial charge >= 0.3 is 6.18 Å². The first kappa shape index (κ1) is 23.4. The number of halogens is 4. The van der Waals surface area contributed by atoms with E-state index in [1.165, 1.54) is 5.56 Å². The average molecular weight is 481 g/mol. The molecule has 3 aromatic rings. The van der Waals surface area contributed by atoms with Crippen LogP contribution in [0, 0.1) is 13.8 Å². The number of alkyl halides is 3. The lowest BCUT2D eigenvalue weighted by Crippen LogP contribution is -2.48. The van der Waals surface area contributed by atoms with Crippen LogP contribution in [0.4, 0.5) is 13.2 Å². The largest absolute Gasteiger partial charge is 0.453 e. The predicted molar refractivity (Wildman–Crippen MR) is 117 cm³/mol.